The van der Waals surface area contributed by atoms with E-state index in [1.165, 1.54) is 11.1 Å². The number of aliphatic hydroxyl groups is 1. The molecule has 0 aliphatic carbocycles. The van der Waals surface area contributed by atoms with Gasteiger partial charge in [0.25, 0.3) is 0 Å². The first kappa shape index (κ1) is 23.9. The minimum Gasteiger partial charge on any atom is -0.395 e. The van der Waals surface area contributed by atoms with Gasteiger partial charge in [0.15, 0.2) is 0 Å². The lowest BCUT2D eigenvalue weighted by atomic mass is 9.74. The van der Waals surface area contributed by atoms with Crippen molar-refractivity contribution in [3.8, 4) is 11.1 Å². The Morgan fingerprint density at radius 3 is 2.34 bits per heavy atom. The van der Waals surface area contributed by atoms with E-state index in [-0.39, 0.29) is 24.6 Å². The molecule has 5 rings (SSSR count). The maximum absolute atomic E-state index is 13.6. The lowest BCUT2D eigenvalue weighted by molar-refractivity contribution is -0.0415. The molecular weight excluding hydrogens is 456 g/mol. The van der Waals surface area contributed by atoms with Crippen LogP contribution in [0.1, 0.15) is 22.6 Å². The Labute approximate surface area is 208 Å². The zero-order chi connectivity index (χ0) is 24.6. The Morgan fingerprint density at radius 2 is 1.63 bits per heavy atom. The Hall–Kier alpha value is -2.77. The van der Waals surface area contributed by atoms with Crippen LogP contribution in [0.2, 0.25) is 0 Å². The fourth-order valence-corrected chi connectivity index (χ4v) is 7.18. The molecule has 182 valence electrons. The van der Waals surface area contributed by atoms with Gasteiger partial charge in [-0.1, -0.05) is 84.4 Å². The molecule has 0 spiro atoms. The van der Waals surface area contributed by atoms with Gasteiger partial charge in [0, 0.05) is 37.6 Å². The lowest BCUT2D eigenvalue weighted by Gasteiger charge is -2.56. The molecule has 0 saturated carbocycles. The lowest BCUT2D eigenvalue weighted by Crippen LogP contribution is -2.67. The van der Waals surface area contributed by atoms with E-state index >= 15 is 0 Å². The number of hydrogen-bond donors (Lipinski definition) is 1. The molecule has 2 heterocycles. The smallest absolute Gasteiger partial charge is 0.243 e. The fraction of sp³-hybridized carbons (Fsp3) is 0.310. The molecule has 1 saturated heterocycles. The summed E-state index contributed by atoms with van der Waals surface area (Å²) in [6, 6.07) is 24.1. The molecular formula is C29H32N2O3S. The van der Waals surface area contributed by atoms with Crippen molar-refractivity contribution in [2.24, 2.45) is 0 Å². The van der Waals surface area contributed by atoms with E-state index in [1.54, 1.807) is 16.4 Å². The summed E-state index contributed by atoms with van der Waals surface area (Å²) in [6.45, 7) is 5.42. The van der Waals surface area contributed by atoms with Crippen LogP contribution in [0, 0.1) is 13.8 Å². The first-order valence-corrected chi connectivity index (χ1v) is 13.6. The molecule has 0 radical (unpaired) electrons. The van der Waals surface area contributed by atoms with Gasteiger partial charge < -0.3 is 5.11 Å². The van der Waals surface area contributed by atoms with Crippen LogP contribution < -0.4 is 0 Å². The normalized spacial score (nSPS) is 24.1. The Kier molecular flexibility index (Phi) is 6.64. The highest BCUT2D eigenvalue weighted by Crippen LogP contribution is 2.42. The molecule has 2 aliphatic heterocycles. The summed E-state index contributed by atoms with van der Waals surface area (Å²) in [7, 11) is -3.64. The minimum atomic E-state index is -3.64. The Morgan fingerprint density at radius 1 is 0.886 bits per heavy atom. The van der Waals surface area contributed by atoms with Crippen LogP contribution in [0.3, 0.4) is 0 Å². The van der Waals surface area contributed by atoms with Crippen molar-refractivity contribution in [1.29, 1.82) is 0 Å². The predicted octanol–water partition coefficient (Wildman–Crippen LogP) is 4.36. The van der Waals surface area contributed by atoms with E-state index in [1.807, 2.05) is 31.2 Å². The molecule has 35 heavy (non-hydrogen) atoms. The van der Waals surface area contributed by atoms with Gasteiger partial charge in [-0.2, -0.15) is 4.31 Å². The summed E-state index contributed by atoms with van der Waals surface area (Å²) in [5, 5.41) is 10.2. The second-order valence-electron chi connectivity index (χ2n) is 9.59. The SMILES string of the molecule is Cc1cccc(-c2ccc([C@H]3C4CN(S(=O)(=O)c5ccccc5C)C/C=C\CN4[C@@H]3CO)cc2)c1. The quantitative estimate of drug-likeness (QED) is 0.542. The van der Waals surface area contributed by atoms with E-state index in [4.69, 9.17) is 0 Å². The van der Waals surface area contributed by atoms with Crippen LogP contribution in [0.4, 0.5) is 0 Å². The highest BCUT2D eigenvalue weighted by molar-refractivity contribution is 7.89. The third kappa shape index (κ3) is 4.47. The van der Waals surface area contributed by atoms with Crippen LogP contribution >= 0.6 is 0 Å². The second-order valence-corrected chi connectivity index (χ2v) is 11.5. The zero-order valence-corrected chi connectivity index (χ0v) is 21.0. The van der Waals surface area contributed by atoms with Crippen LogP contribution in [0.15, 0.2) is 89.8 Å². The largest absolute Gasteiger partial charge is 0.395 e. The summed E-state index contributed by atoms with van der Waals surface area (Å²) in [4.78, 5) is 2.59. The summed E-state index contributed by atoms with van der Waals surface area (Å²) >= 11 is 0. The Balaban J connectivity index is 1.45. The van der Waals surface area contributed by atoms with E-state index < -0.39 is 10.0 Å². The summed E-state index contributed by atoms with van der Waals surface area (Å²) in [5.41, 5.74) is 5.44. The summed E-state index contributed by atoms with van der Waals surface area (Å²) < 4.78 is 28.8. The van der Waals surface area contributed by atoms with Gasteiger partial charge in [-0.05, 0) is 42.2 Å². The topological polar surface area (TPSA) is 60.9 Å². The van der Waals surface area contributed by atoms with Gasteiger partial charge in [0.2, 0.25) is 10.0 Å². The average Bonchev–Trinajstić information content (AvgIpc) is 2.83. The van der Waals surface area contributed by atoms with Gasteiger partial charge in [-0.3, -0.25) is 4.90 Å². The van der Waals surface area contributed by atoms with Crippen molar-refractivity contribution in [2.45, 2.75) is 36.7 Å². The third-order valence-corrected chi connectivity index (χ3v) is 9.40. The van der Waals surface area contributed by atoms with Crippen LogP contribution in [-0.2, 0) is 10.0 Å². The van der Waals surface area contributed by atoms with Gasteiger partial charge in [-0.25, -0.2) is 8.42 Å². The number of rotatable bonds is 5. The van der Waals surface area contributed by atoms with E-state index in [9.17, 15) is 13.5 Å². The van der Waals surface area contributed by atoms with Crippen molar-refractivity contribution in [3.05, 3.63) is 102 Å². The van der Waals surface area contributed by atoms with Gasteiger partial charge in [0.05, 0.1) is 11.5 Å². The Bertz CT molecular complexity index is 1330. The first-order valence-electron chi connectivity index (χ1n) is 12.1. The van der Waals surface area contributed by atoms with Crippen molar-refractivity contribution >= 4 is 10.0 Å². The maximum atomic E-state index is 13.6. The minimum absolute atomic E-state index is 0.000660. The van der Waals surface area contributed by atoms with Crippen molar-refractivity contribution in [1.82, 2.24) is 9.21 Å². The third-order valence-electron chi connectivity index (χ3n) is 7.41. The molecule has 3 aromatic rings. The van der Waals surface area contributed by atoms with E-state index in [2.05, 4.69) is 60.4 Å². The predicted molar refractivity (Wildman–Crippen MR) is 140 cm³/mol. The van der Waals surface area contributed by atoms with Crippen molar-refractivity contribution in [3.63, 3.8) is 0 Å². The standard InChI is InChI=1S/C29H32N2O3S/c1-21-8-7-10-25(18-21)23-12-14-24(15-13-23)29-26-19-30(16-5-6-17-31(26)27(29)20-32)35(33,34)28-11-4-3-9-22(28)2/h3-15,18,26-27,29,32H,16-17,19-20H2,1-2H3/b6-5-/t26?,27-,29+/m1/s1. The molecule has 3 aromatic carbocycles. The fourth-order valence-electron chi connectivity index (χ4n) is 5.54. The highest BCUT2D eigenvalue weighted by Gasteiger charge is 2.49. The summed E-state index contributed by atoms with van der Waals surface area (Å²) in [5.74, 6) is 0.0626. The number of nitrogens with zero attached hydrogens (tertiary/aromatic N) is 2. The van der Waals surface area contributed by atoms with Crippen LogP contribution in [0.5, 0.6) is 0 Å². The molecule has 1 fully saturated rings. The molecule has 6 heteroatoms. The van der Waals surface area contributed by atoms with Gasteiger partial charge in [-0.15, -0.1) is 0 Å². The van der Waals surface area contributed by atoms with Crippen LogP contribution in [-0.4, -0.2) is 61.1 Å². The molecule has 1 N–H and O–H groups in total. The molecule has 0 aromatic heterocycles. The number of benzene rings is 3. The van der Waals surface area contributed by atoms with Crippen molar-refractivity contribution in [2.75, 3.05) is 26.2 Å². The number of aliphatic hydroxyl groups excluding tert-OH is 1. The maximum Gasteiger partial charge on any atom is 0.243 e. The molecule has 0 amide bonds. The first-order chi connectivity index (χ1) is 16.9. The number of hydrogen-bond acceptors (Lipinski definition) is 4. The number of sulfonamides is 1. The zero-order valence-electron chi connectivity index (χ0n) is 20.2. The van der Waals surface area contributed by atoms with E-state index in [0.717, 1.165) is 16.7 Å². The average molecular weight is 489 g/mol. The molecule has 0 bridgehead atoms. The molecule has 2 aliphatic rings. The van der Waals surface area contributed by atoms with E-state index in [0.29, 0.717) is 24.5 Å². The van der Waals surface area contributed by atoms with Gasteiger partial charge >= 0.3 is 0 Å². The van der Waals surface area contributed by atoms with Crippen LogP contribution in [0.25, 0.3) is 11.1 Å². The monoisotopic (exact) mass is 488 g/mol. The number of fused-ring (bicyclic) bond motifs is 1. The molecule has 5 nitrogen and oxygen atoms in total. The summed E-state index contributed by atoms with van der Waals surface area (Å²) in [6.07, 6.45) is 3.94. The number of aryl methyl sites for hydroxylation is 2. The highest BCUT2D eigenvalue weighted by atomic mass is 32.2. The van der Waals surface area contributed by atoms with Crippen molar-refractivity contribution < 1.29 is 13.5 Å². The molecule has 1 unspecified atom stereocenters. The van der Waals surface area contributed by atoms with Gasteiger partial charge in [0.1, 0.15) is 0 Å². The second kappa shape index (κ2) is 9.70. The molecule has 3 atom stereocenters.